The summed E-state index contributed by atoms with van der Waals surface area (Å²) in [6.07, 6.45) is 1.50. The van der Waals surface area contributed by atoms with Gasteiger partial charge >= 0.3 is 6.03 Å². The van der Waals surface area contributed by atoms with Crippen molar-refractivity contribution in [3.8, 4) is 17.2 Å². The van der Waals surface area contributed by atoms with E-state index in [1.54, 1.807) is 26.4 Å². The van der Waals surface area contributed by atoms with Crippen LogP contribution in [-0.2, 0) is 19.4 Å². The highest BCUT2D eigenvalue weighted by Gasteiger charge is 2.23. The van der Waals surface area contributed by atoms with Crippen molar-refractivity contribution >= 4 is 6.03 Å². The van der Waals surface area contributed by atoms with E-state index in [4.69, 9.17) is 9.47 Å². The van der Waals surface area contributed by atoms with Crippen LogP contribution in [0.3, 0.4) is 0 Å². The Kier molecular flexibility index (Phi) is 5.74. The van der Waals surface area contributed by atoms with E-state index in [0.29, 0.717) is 25.3 Å². The summed E-state index contributed by atoms with van der Waals surface area (Å²) in [5, 5.41) is 12.4. The molecule has 2 aromatic carbocycles. The average Bonchev–Trinajstić information content (AvgIpc) is 2.68. The fraction of sp³-hybridized carbons (Fsp3) is 0.381. The zero-order valence-electron chi connectivity index (χ0n) is 16.0. The Morgan fingerprint density at radius 2 is 1.78 bits per heavy atom. The molecule has 6 nitrogen and oxygen atoms in total. The molecule has 27 heavy (non-hydrogen) atoms. The van der Waals surface area contributed by atoms with E-state index < -0.39 is 0 Å². The lowest BCUT2D eigenvalue weighted by Crippen LogP contribution is -2.46. The Morgan fingerprint density at radius 1 is 1.15 bits per heavy atom. The highest BCUT2D eigenvalue weighted by molar-refractivity contribution is 5.75. The third-order valence-corrected chi connectivity index (χ3v) is 4.85. The minimum Gasteiger partial charge on any atom is -0.508 e. The van der Waals surface area contributed by atoms with E-state index in [9.17, 15) is 9.90 Å². The van der Waals surface area contributed by atoms with Crippen LogP contribution in [0.5, 0.6) is 17.2 Å². The van der Waals surface area contributed by atoms with Gasteiger partial charge in [-0.3, -0.25) is 0 Å². The molecule has 144 valence electrons. The number of fused-ring (bicyclic) bond motifs is 1. The lowest BCUT2D eigenvalue weighted by molar-refractivity contribution is 0.189. The molecule has 0 aromatic heterocycles. The van der Waals surface area contributed by atoms with Gasteiger partial charge in [0.05, 0.1) is 14.2 Å². The smallest absolute Gasteiger partial charge is 0.317 e. The summed E-state index contributed by atoms with van der Waals surface area (Å²) in [4.78, 5) is 14.5. The number of hydrogen-bond donors (Lipinski definition) is 2. The molecule has 0 radical (unpaired) electrons. The Morgan fingerprint density at radius 3 is 2.41 bits per heavy atom. The van der Waals surface area contributed by atoms with E-state index in [2.05, 4.69) is 5.32 Å². The zero-order valence-corrected chi connectivity index (χ0v) is 16.0. The summed E-state index contributed by atoms with van der Waals surface area (Å²) < 4.78 is 10.7. The summed E-state index contributed by atoms with van der Waals surface area (Å²) >= 11 is 0. The van der Waals surface area contributed by atoms with Crippen molar-refractivity contribution in [2.75, 3.05) is 20.8 Å². The van der Waals surface area contributed by atoms with Crippen molar-refractivity contribution < 1.29 is 19.4 Å². The first-order valence-electron chi connectivity index (χ1n) is 9.07. The number of nitrogens with one attached hydrogen (secondary N) is 1. The van der Waals surface area contributed by atoms with E-state index in [1.807, 2.05) is 36.1 Å². The number of methoxy groups -OCH3 is 2. The molecule has 0 fully saturated rings. The fourth-order valence-electron chi connectivity index (χ4n) is 3.40. The van der Waals surface area contributed by atoms with E-state index in [1.165, 1.54) is 5.56 Å². The van der Waals surface area contributed by atoms with Gasteiger partial charge in [0.2, 0.25) is 0 Å². The van der Waals surface area contributed by atoms with Crippen molar-refractivity contribution in [2.24, 2.45) is 0 Å². The van der Waals surface area contributed by atoms with Crippen LogP contribution in [0, 0.1) is 0 Å². The number of urea groups is 1. The third kappa shape index (κ3) is 4.45. The number of carbonyl (C=O) groups excluding carboxylic acids is 1. The molecule has 3 rings (SSSR count). The molecule has 1 unspecified atom stereocenters. The minimum atomic E-state index is -0.0679. The lowest BCUT2D eigenvalue weighted by Gasteiger charge is -2.30. The van der Waals surface area contributed by atoms with Crippen molar-refractivity contribution in [1.29, 1.82) is 0 Å². The minimum absolute atomic E-state index is 0.00570. The number of hydrogen-bond acceptors (Lipinski definition) is 4. The molecule has 0 aliphatic carbocycles. The molecule has 2 aromatic rings. The summed E-state index contributed by atoms with van der Waals surface area (Å²) in [5.74, 6) is 1.64. The van der Waals surface area contributed by atoms with Gasteiger partial charge < -0.3 is 24.8 Å². The molecule has 1 atom stereocenters. The van der Waals surface area contributed by atoms with Crippen molar-refractivity contribution in [3.05, 3.63) is 53.1 Å². The van der Waals surface area contributed by atoms with E-state index in [-0.39, 0.29) is 17.8 Å². The molecule has 0 spiro atoms. The number of aromatic hydroxyl groups is 1. The highest BCUT2D eigenvalue weighted by atomic mass is 16.5. The van der Waals surface area contributed by atoms with Gasteiger partial charge in [0.15, 0.2) is 11.5 Å². The van der Waals surface area contributed by atoms with Gasteiger partial charge in [-0.1, -0.05) is 12.1 Å². The van der Waals surface area contributed by atoms with Crippen molar-refractivity contribution in [3.63, 3.8) is 0 Å². The SMILES string of the molecule is COc1cc2c(cc1OC)CN(C(=O)NC(C)Cc1ccc(O)cc1)CC2. The molecular formula is C21H26N2O4. The molecule has 2 N–H and O–H groups in total. The van der Waals surface area contributed by atoms with Crippen LogP contribution < -0.4 is 14.8 Å². The molecule has 2 amide bonds. The molecule has 0 bridgehead atoms. The van der Waals surface area contributed by atoms with Gasteiger partial charge in [-0.15, -0.1) is 0 Å². The van der Waals surface area contributed by atoms with Gasteiger partial charge in [-0.2, -0.15) is 0 Å². The van der Waals surface area contributed by atoms with Gasteiger partial charge in [0.1, 0.15) is 5.75 Å². The molecule has 0 saturated heterocycles. The van der Waals surface area contributed by atoms with Crippen molar-refractivity contribution in [1.82, 2.24) is 10.2 Å². The first-order chi connectivity index (χ1) is 13.0. The number of ether oxygens (including phenoxy) is 2. The number of phenols is 1. The largest absolute Gasteiger partial charge is 0.508 e. The summed E-state index contributed by atoms with van der Waals surface area (Å²) in [5.41, 5.74) is 3.34. The maximum absolute atomic E-state index is 12.7. The van der Waals surface area contributed by atoms with Gasteiger partial charge in [-0.05, 0) is 60.7 Å². The summed E-state index contributed by atoms with van der Waals surface area (Å²) in [6.45, 7) is 3.20. The monoisotopic (exact) mass is 370 g/mol. The maximum atomic E-state index is 12.7. The zero-order chi connectivity index (χ0) is 19.4. The second kappa shape index (κ2) is 8.20. The van der Waals surface area contributed by atoms with Gasteiger partial charge in [0, 0.05) is 19.1 Å². The maximum Gasteiger partial charge on any atom is 0.317 e. The van der Waals surface area contributed by atoms with E-state index in [0.717, 1.165) is 23.3 Å². The molecule has 1 aliphatic heterocycles. The highest BCUT2D eigenvalue weighted by Crippen LogP contribution is 2.33. The standard InChI is InChI=1S/C21H26N2O4/c1-14(10-15-4-6-18(24)7-5-15)22-21(25)23-9-8-16-11-19(26-2)20(27-3)12-17(16)13-23/h4-7,11-12,14,24H,8-10,13H2,1-3H3,(H,22,25). The number of amides is 2. The molecule has 1 aliphatic rings. The first-order valence-corrected chi connectivity index (χ1v) is 9.07. The van der Waals surface area contributed by atoms with Crippen LogP contribution in [0.1, 0.15) is 23.6 Å². The summed E-state index contributed by atoms with van der Waals surface area (Å²) in [6, 6.07) is 10.9. The Bertz CT molecular complexity index is 805. The molecule has 0 saturated carbocycles. The van der Waals surface area contributed by atoms with Crippen LogP contribution >= 0.6 is 0 Å². The number of phenolic OH excluding ortho intramolecular Hbond substituents is 1. The second-order valence-corrected chi connectivity index (χ2v) is 6.87. The van der Waals surface area contributed by atoms with Gasteiger partial charge in [0.25, 0.3) is 0 Å². The molecule has 1 heterocycles. The van der Waals surface area contributed by atoms with Crippen LogP contribution in [0.4, 0.5) is 4.79 Å². The predicted octanol–water partition coefficient (Wildman–Crippen LogP) is 3.11. The normalized spacial score (nSPS) is 14.3. The Balaban J connectivity index is 1.62. The molecule has 6 heteroatoms. The lowest BCUT2D eigenvalue weighted by atomic mass is 9.99. The fourth-order valence-corrected chi connectivity index (χ4v) is 3.40. The summed E-state index contributed by atoms with van der Waals surface area (Å²) in [7, 11) is 3.24. The topological polar surface area (TPSA) is 71.0 Å². The number of carbonyl (C=O) groups is 1. The first kappa shape index (κ1) is 18.9. The van der Waals surface area contributed by atoms with Crippen LogP contribution in [-0.4, -0.2) is 42.8 Å². The Labute approximate surface area is 159 Å². The second-order valence-electron chi connectivity index (χ2n) is 6.87. The van der Waals surface area contributed by atoms with Crippen LogP contribution in [0.2, 0.25) is 0 Å². The van der Waals surface area contributed by atoms with Crippen LogP contribution in [0.25, 0.3) is 0 Å². The van der Waals surface area contributed by atoms with Crippen molar-refractivity contribution in [2.45, 2.75) is 32.4 Å². The Hall–Kier alpha value is -2.89. The van der Waals surface area contributed by atoms with E-state index >= 15 is 0 Å². The number of nitrogens with zero attached hydrogens (tertiary/aromatic N) is 1. The predicted molar refractivity (Wildman–Crippen MR) is 103 cm³/mol. The quantitative estimate of drug-likeness (QED) is 0.848. The third-order valence-electron chi connectivity index (χ3n) is 4.85. The van der Waals surface area contributed by atoms with Gasteiger partial charge in [-0.25, -0.2) is 4.79 Å². The number of benzene rings is 2. The number of rotatable bonds is 5. The average molecular weight is 370 g/mol. The molecular weight excluding hydrogens is 344 g/mol. The van der Waals surface area contributed by atoms with Crippen LogP contribution in [0.15, 0.2) is 36.4 Å².